The Bertz CT molecular complexity index is 1120. The van der Waals surface area contributed by atoms with Gasteiger partial charge < -0.3 is 10.2 Å². The monoisotopic (exact) mass is 438 g/mol. The molecule has 3 aromatic rings. The van der Waals surface area contributed by atoms with Crippen LogP contribution in [0.1, 0.15) is 39.9 Å². The van der Waals surface area contributed by atoms with Crippen LogP contribution in [0.25, 0.3) is 0 Å². The Balaban J connectivity index is 1.14. The fourth-order valence-electron chi connectivity index (χ4n) is 4.59. The van der Waals surface area contributed by atoms with Crippen LogP contribution in [0.15, 0.2) is 77.9 Å². The summed E-state index contributed by atoms with van der Waals surface area (Å²) in [5, 5.41) is 9.80. The average Bonchev–Trinajstić information content (AvgIpc) is 2.88. The molecule has 1 N–H and O–H groups in total. The summed E-state index contributed by atoms with van der Waals surface area (Å²) in [5.41, 5.74) is 6.58. The Morgan fingerprint density at radius 3 is 2.30 bits per heavy atom. The van der Waals surface area contributed by atoms with Crippen LogP contribution in [-0.2, 0) is 12.8 Å². The van der Waals surface area contributed by atoms with Crippen LogP contribution in [0.2, 0.25) is 0 Å². The standard InChI is InChI=1S/C28H30N4O/c33-28(30-26-15-14-23-6-4-5-7-25(23)20-26)24-12-10-22(11-13-24)21-29-32-18-16-31(17-19-32)27-8-2-1-3-9-27/h1-3,8-15,20-21H,4-7,16-19H2,(H,30,33). The van der Waals surface area contributed by atoms with E-state index in [1.54, 1.807) is 0 Å². The number of rotatable bonds is 5. The molecule has 1 saturated heterocycles. The molecule has 0 spiro atoms. The van der Waals surface area contributed by atoms with Gasteiger partial charge in [-0.15, -0.1) is 0 Å². The molecule has 1 fully saturated rings. The van der Waals surface area contributed by atoms with E-state index in [1.807, 2.05) is 42.6 Å². The van der Waals surface area contributed by atoms with Gasteiger partial charge in [0.25, 0.3) is 5.91 Å². The molecule has 1 amide bonds. The molecule has 2 aliphatic rings. The molecular weight excluding hydrogens is 408 g/mol. The molecule has 0 atom stereocenters. The normalized spacial score (nSPS) is 16.0. The molecule has 5 rings (SSSR count). The van der Waals surface area contributed by atoms with Crippen LogP contribution >= 0.6 is 0 Å². The molecule has 0 bridgehead atoms. The van der Waals surface area contributed by atoms with Gasteiger partial charge in [0, 0.05) is 30.0 Å². The maximum absolute atomic E-state index is 12.7. The van der Waals surface area contributed by atoms with Crippen molar-refractivity contribution < 1.29 is 4.79 Å². The fourth-order valence-corrected chi connectivity index (χ4v) is 4.59. The number of hydrogen-bond donors (Lipinski definition) is 1. The van der Waals surface area contributed by atoms with Gasteiger partial charge in [0.05, 0.1) is 19.3 Å². The van der Waals surface area contributed by atoms with Crippen molar-refractivity contribution in [3.63, 3.8) is 0 Å². The third kappa shape index (κ3) is 5.25. The molecule has 3 aromatic carbocycles. The van der Waals surface area contributed by atoms with Gasteiger partial charge in [-0.05, 0) is 78.8 Å². The minimum Gasteiger partial charge on any atom is -0.368 e. The van der Waals surface area contributed by atoms with E-state index in [4.69, 9.17) is 0 Å². The summed E-state index contributed by atoms with van der Waals surface area (Å²) in [4.78, 5) is 15.1. The number of hydrogen-bond acceptors (Lipinski definition) is 4. The van der Waals surface area contributed by atoms with E-state index >= 15 is 0 Å². The molecule has 5 nitrogen and oxygen atoms in total. The van der Waals surface area contributed by atoms with Crippen LogP contribution in [0.3, 0.4) is 0 Å². The predicted molar refractivity (Wildman–Crippen MR) is 135 cm³/mol. The fraction of sp³-hybridized carbons (Fsp3) is 0.286. The lowest BCUT2D eigenvalue weighted by molar-refractivity contribution is 0.102. The van der Waals surface area contributed by atoms with Crippen LogP contribution in [0.4, 0.5) is 11.4 Å². The van der Waals surface area contributed by atoms with Crippen LogP contribution in [-0.4, -0.2) is 43.3 Å². The van der Waals surface area contributed by atoms with Crippen molar-refractivity contribution in [3.8, 4) is 0 Å². The summed E-state index contributed by atoms with van der Waals surface area (Å²) in [6.07, 6.45) is 6.63. The second kappa shape index (κ2) is 9.90. The van der Waals surface area contributed by atoms with Crippen molar-refractivity contribution >= 4 is 23.5 Å². The summed E-state index contributed by atoms with van der Waals surface area (Å²) in [5.74, 6) is -0.0775. The Morgan fingerprint density at radius 1 is 0.818 bits per heavy atom. The number of nitrogens with zero attached hydrogens (tertiary/aromatic N) is 3. The molecule has 0 unspecified atom stereocenters. The predicted octanol–water partition coefficient (Wildman–Crippen LogP) is 4.97. The highest BCUT2D eigenvalue weighted by atomic mass is 16.1. The summed E-state index contributed by atoms with van der Waals surface area (Å²) >= 11 is 0. The van der Waals surface area contributed by atoms with E-state index < -0.39 is 0 Å². The zero-order valence-corrected chi connectivity index (χ0v) is 18.9. The number of aryl methyl sites for hydroxylation is 2. The number of nitrogens with one attached hydrogen (secondary N) is 1. The molecule has 1 heterocycles. The van der Waals surface area contributed by atoms with E-state index in [2.05, 4.69) is 56.7 Å². The molecule has 0 radical (unpaired) electrons. The third-order valence-electron chi connectivity index (χ3n) is 6.53. The minimum atomic E-state index is -0.0775. The van der Waals surface area contributed by atoms with Gasteiger partial charge in [-0.2, -0.15) is 5.10 Å². The van der Waals surface area contributed by atoms with Crippen molar-refractivity contribution in [2.75, 3.05) is 36.4 Å². The number of amides is 1. The highest BCUT2D eigenvalue weighted by Gasteiger charge is 2.15. The largest absolute Gasteiger partial charge is 0.368 e. The number of carbonyl (C=O) groups excluding carboxylic acids is 1. The Labute approximate surface area is 195 Å². The van der Waals surface area contributed by atoms with E-state index in [9.17, 15) is 4.79 Å². The van der Waals surface area contributed by atoms with Crippen LogP contribution in [0, 0.1) is 0 Å². The topological polar surface area (TPSA) is 47.9 Å². The molecule has 0 saturated carbocycles. The number of para-hydroxylation sites is 1. The van der Waals surface area contributed by atoms with Crippen molar-refractivity contribution in [2.24, 2.45) is 5.10 Å². The summed E-state index contributed by atoms with van der Waals surface area (Å²) in [6, 6.07) is 24.4. The number of piperazine rings is 1. The average molecular weight is 439 g/mol. The maximum atomic E-state index is 12.7. The summed E-state index contributed by atoms with van der Waals surface area (Å²) in [7, 11) is 0. The molecular formula is C28H30N4O. The first-order valence-electron chi connectivity index (χ1n) is 11.9. The van der Waals surface area contributed by atoms with Crippen LogP contribution in [0.5, 0.6) is 0 Å². The SMILES string of the molecule is O=C(Nc1ccc2c(c1)CCCC2)c1ccc(C=NN2CCN(c3ccccc3)CC2)cc1. The third-order valence-corrected chi connectivity index (χ3v) is 6.53. The first-order valence-corrected chi connectivity index (χ1v) is 11.9. The van der Waals surface area contributed by atoms with Crippen LogP contribution < -0.4 is 10.2 Å². The Morgan fingerprint density at radius 2 is 1.55 bits per heavy atom. The lowest BCUT2D eigenvalue weighted by atomic mass is 9.91. The van der Waals surface area contributed by atoms with Gasteiger partial charge in [-0.25, -0.2) is 0 Å². The molecule has 1 aliphatic carbocycles. The van der Waals surface area contributed by atoms with E-state index in [0.29, 0.717) is 5.56 Å². The Hall–Kier alpha value is -3.60. The van der Waals surface area contributed by atoms with Crippen molar-refractivity contribution in [2.45, 2.75) is 25.7 Å². The lowest BCUT2D eigenvalue weighted by Crippen LogP contribution is -2.44. The summed E-state index contributed by atoms with van der Waals surface area (Å²) < 4.78 is 0. The van der Waals surface area contributed by atoms with E-state index in [-0.39, 0.29) is 5.91 Å². The molecule has 5 heteroatoms. The molecule has 168 valence electrons. The number of anilines is 2. The molecule has 0 aromatic heterocycles. The van der Waals surface area contributed by atoms with Gasteiger partial charge in [0.2, 0.25) is 0 Å². The zero-order valence-electron chi connectivity index (χ0n) is 18.9. The van der Waals surface area contributed by atoms with Crippen molar-refractivity contribution in [1.82, 2.24) is 5.01 Å². The van der Waals surface area contributed by atoms with E-state index in [0.717, 1.165) is 50.3 Å². The van der Waals surface area contributed by atoms with E-state index in [1.165, 1.54) is 29.7 Å². The maximum Gasteiger partial charge on any atom is 0.255 e. The second-order valence-corrected chi connectivity index (χ2v) is 8.79. The molecule has 1 aliphatic heterocycles. The van der Waals surface area contributed by atoms with Gasteiger partial charge in [-0.3, -0.25) is 9.80 Å². The lowest BCUT2D eigenvalue weighted by Gasteiger charge is -2.34. The smallest absolute Gasteiger partial charge is 0.255 e. The van der Waals surface area contributed by atoms with Gasteiger partial charge in [0.15, 0.2) is 0 Å². The van der Waals surface area contributed by atoms with Gasteiger partial charge in [-0.1, -0.05) is 36.4 Å². The van der Waals surface area contributed by atoms with Gasteiger partial charge >= 0.3 is 0 Å². The summed E-state index contributed by atoms with van der Waals surface area (Å²) in [6.45, 7) is 3.71. The zero-order chi connectivity index (χ0) is 22.5. The molecule has 33 heavy (non-hydrogen) atoms. The van der Waals surface area contributed by atoms with Crippen molar-refractivity contribution in [1.29, 1.82) is 0 Å². The first kappa shape index (κ1) is 21.3. The van der Waals surface area contributed by atoms with Gasteiger partial charge in [0.1, 0.15) is 0 Å². The quantitative estimate of drug-likeness (QED) is 0.572. The Kier molecular flexibility index (Phi) is 6.38. The second-order valence-electron chi connectivity index (χ2n) is 8.79. The highest BCUT2D eigenvalue weighted by molar-refractivity contribution is 6.04. The minimum absolute atomic E-state index is 0.0775. The highest BCUT2D eigenvalue weighted by Crippen LogP contribution is 2.24. The number of fused-ring (bicyclic) bond motifs is 1. The number of benzene rings is 3. The number of hydrazone groups is 1. The first-order chi connectivity index (χ1) is 16.2. The number of carbonyl (C=O) groups is 1. The van der Waals surface area contributed by atoms with Crippen molar-refractivity contribution in [3.05, 3.63) is 95.1 Å².